The molecule has 1 N–H and O–H groups in total. The molecule has 0 amide bonds. The van der Waals surface area contributed by atoms with Gasteiger partial charge in [0.05, 0.1) is 13.0 Å². The number of nitrogens with one attached hydrogen (secondary N) is 1. The maximum Gasteiger partial charge on any atom is 0.307 e. The van der Waals surface area contributed by atoms with Gasteiger partial charge >= 0.3 is 5.97 Å². The Morgan fingerprint density at radius 2 is 1.81 bits per heavy atom. The van der Waals surface area contributed by atoms with Gasteiger partial charge in [0.25, 0.3) is 0 Å². The molecule has 16 heavy (non-hydrogen) atoms. The third-order valence-corrected chi connectivity index (χ3v) is 3.88. The zero-order chi connectivity index (χ0) is 12.2. The highest BCUT2D eigenvalue weighted by Crippen LogP contribution is 2.41. The van der Waals surface area contributed by atoms with Crippen LogP contribution in [-0.2, 0) is 9.53 Å². The van der Waals surface area contributed by atoms with Crippen LogP contribution in [0, 0.1) is 5.41 Å². The quantitative estimate of drug-likeness (QED) is 0.750. The molecule has 3 nitrogen and oxygen atoms in total. The molecule has 0 spiro atoms. The van der Waals surface area contributed by atoms with E-state index in [0.29, 0.717) is 18.4 Å². The topological polar surface area (TPSA) is 38.3 Å². The normalized spacial score (nSPS) is 22.8. The van der Waals surface area contributed by atoms with Crippen LogP contribution in [0.2, 0.25) is 0 Å². The maximum absolute atomic E-state index is 11.6. The SMILES string of the molecule is CCOC(=O)CC1(NC)CCC(C)(C)CC1. The summed E-state index contributed by atoms with van der Waals surface area (Å²) < 4.78 is 5.04. The molecule has 0 aromatic carbocycles. The van der Waals surface area contributed by atoms with Crippen molar-refractivity contribution in [3.63, 3.8) is 0 Å². The Labute approximate surface area is 98.9 Å². The van der Waals surface area contributed by atoms with E-state index < -0.39 is 0 Å². The summed E-state index contributed by atoms with van der Waals surface area (Å²) in [7, 11) is 1.96. The average Bonchev–Trinajstić information content (AvgIpc) is 2.22. The van der Waals surface area contributed by atoms with E-state index in [0.717, 1.165) is 12.8 Å². The van der Waals surface area contributed by atoms with Crippen molar-refractivity contribution in [2.75, 3.05) is 13.7 Å². The average molecular weight is 227 g/mol. The molecule has 1 aliphatic carbocycles. The van der Waals surface area contributed by atoms with E-state index in [9.17, 15) is 4.79 Å². The fraction of sp³-hybridized carbons (Fsp3) is 0.923. The first kappa shape index (κ1) is 13.5. The van der Waals surface area contributed by atoms with Crippen LogP contribution in [-0.4, -0.2) is 25.2 Å². The molecule has 1 fully saturated rings. The molecular weight excluding hydrogens is 202 g/mol. The molecule has 0 radical (unpaired) electrons. The highest BCUT2D eigenvalue weighted by molar-refractivity contribution is 5.71. The zero-order valence-electron chi connectivity index (χ0n) is 11.1. The van der Waals surface area contributed by atoms with Gasteiger partial charge in [-0.2, -0.15) is 0 Å². The molecule has 0 atom stereocenters. The molecule has 0 unspecified atom stereocenters. The fourth-order valence-electron chi connectivity index (χ4n) is 2.41. The van der Waals surface area contributed by atoms with Crippen LogP contribution in [0.5, 0.6) is 0 Å². The van der Waals surface area contributed by atoms with Gasteiger partial charge < -0.3 is 10.1 Å². The lowest BCUT2D eigenvalue weighted by molar-refractivity contribution is -0.145. The Morgan fingerprint density at radius 3 is 2.25 bits per heavy atom. The second kappa shape index (κ2) is 5.17. The third-order valence-electron chi connectivity index (χ3n) is 3.88. The van der Waals surface area contributed by atoms with E-state index >= 15 is 0 Å². The minimum absolute atomic E-state index is 0.0260. The second-order valence-electron chi connectivity index (χ2n) is 5.68. The van der Waals surface area contributed by atoms with Gasteiger partial charge in [0, 0.05) is 5.54 Å². The highest BCUT2D eigenvalue weighted by Gasteiger charge is 2.38. The minimum atomic E-state index is -0.0726. The molecule has 1 saturated carbocycles. The molecular formula is C13H25NO2. The van der Waals surface area contributed by atoms with Gasteiger partial charge in [-0.05, 0) is 45.1 Å². The Kier molecular flexibility index (Phi) is 4.36. The van der Waals surface area contributed by atoms with Crippen molar-refractivity contribution in [2.45, 2.75) is 58.4 Å². The number of esters is 1. The Balaban J connectivity index is 2.56. The summed E-state index contributed by atoms with van der Waals surface area (Å²) >= 11 is 0. The predicted molar refractivity (Wildman–Crippen MR) is 65.3 cm³/mol. The summed E-state index contributed by atoms with van der Waals surface area (Å²) in [4.78, 5) is 11.6. The number of hydrogen-bond donors (Lipinski definition) is 1. The maximum atomic E-state index is 11.6. The summed E-state index contributed by atoms with van der Waals surface area (Å²) in [5.41, 5.74) is 0.400. The fourth-order valence-corrected chi connectivity index (χ4v) is 2.41. The lowest BCUT2D eigenvalue weighted by atomic mass is 9.68. The molecule has 1 aliphatic rings. The predicted octanol–water partition coefficient (Wildman–Crippen LogP) is 2.50. The second-order valence-corrected chi connectivity index (χ2v) is 5.68. The van der Waals surface area contributed by atoms with Gasteiger partial charge in [-0.3, -0.25) is 4.79 Å². The first-order chi connectivity index (χ1) is 7.43. The summed E-state index contributed by atoms with van der Waals surface area (Å²) in [5, 5.41) is 3.34. The Morgan fingerprint density at radius 1 is 1.25 bits per heavy atom. The number of carbonyl (C=O) groups is 1. The smallest absolute Gasteiger partial charge is 0.307 e. The standard InChI is InChI=1S/C13H25NO2/c1-5-16-11(15)10-13(14-4)8-6-12(2,3)7-9-13/h14H,5-10H2,1-4H3. The van der Waals surface area contributed by atoms with Gasteiger partial charge in [0.1, 0.15) is 0 Å². The van der Waals surface area contributed by atoms with Crippen molar-refractivity contribution in [1.82, 2.24) is 5.32 Å². The van der Waals surface area contributed by atoms with Crippen molar-refractivity contribution >= 4 is 5.97 Å². The summed E-state index contributed by atoms with van der Waals surface area (Å²) in [6.07, 6.45) is 4.98. The van der Waals surface area contributed by atoms with Crippen LogP contribution in [0.3, 0.4) is 0 Å². The van der Waals surface area contributed by atoms with Crippen molar-refractivity contribution < 1.29 is 9.53 Å². The van der Waals surface area contributed by atoms with Crippen LogP contribution in [0.4, 0.5) is 0 Å². The van der Waals surface area contributed by atoms with Crippen LogP contribution in [0.25, 0.3) is 0 Å². The first-order valence-electron chi connectivity index (χ1n) is 6.28. The lowest BCUT2D eigenvalue weighted by Crippen LogP contribution is -2.49. The van der Waals surface area contributed by atoms with Gasteiger partial charge in [-0.15, -0.1) is 0 Å². The number of rotatable bonds is 4. The van der Waals surface area contributed by atoms with Gasteiger partial charge in [0.15, 0.2) is 0 Å². The van der Waals surface area contributed by atoms with E-state index in [-0.39, 0.29) is 11.5 Å². The number of hydrogen-bond acceptors (Lipinski definition) is 3. The van der Waals surface area contributed by atoms with E-state index in [1.807, 2.05) is 14.0 Å². The Hall–Kier alpha value is -0.570. The molecule has 0 saturated heterocycles. The van der Waals surface area contributed by atoms with Crippen molar-refractivity contribution in [1.29, 1.82) is 0 Å². The van der Waals surface area contributed by atoms with Crippen LogP contribution < -0.4 is 5.32 Å². The summed E-state index contributed by atoms with van der Waals surface area (Å²) in [5.74, 6) is -0.0726. The van der Waals surface area contributed by atoms with Crippen LogP contribution in [0.15, 0.2) is 0 Å². The molecule has 94 valence electrons. The number of carbonyl (C=O) groups excluding carboxylic acids is 1. The molecule has 0 bridgehead atoms. The molecule has 3 heteroatoms. The van der Waals surface area contributed by atoms with Gasteiger partial charge in [-0.1, -0.05) is 13.8 Å². The van der Waals surface area contributed by atoms with Crippen molar-refractivity contribution in [2.24, 2.45) is 5.41 Å². The molecule has 0 heterocycles. The van der Waals surface area contributed by atoms with E-state index in [1.54, 1.807) is 0 Å². The van der Waals surface area contributed by atoms with Gasteiger partial charge in [-0.25, -0.2) is 0 Å². The number of ether oxygens (including phenoxy) is 1. The summed E-state index contributed by atoms with van der Waals surface area (Å²) in [6.45, 7) is 6.94. The zero-order valence-corrected chi connectivity index (χ0v) is 11.1. The molecule has 0 aromatic rings. The molecule has 0 aromatic heterocycles. The monoisotopic (exact) mass is 227 g/mol. The van der Waals surface area contributed by atoms with Crippen LogP contribution in [0.1, 0.15) is 52.9 Å². The van der Waals surface area contributed by atoms with E-state index in [2.05, 4.69) is 19.2 Å². The van der Waals surface area contributed by atoms with E-state index in [4.69, 9.17) is 4.74 Å². The third kappa shape index (κ3) is 3.48. The van der Waals surface area contributed by atoms with Crippen molar-refractivity contribution in [3.05, 3.63) is 0 Å². The molecule has 0 aliphatic heterocycles. The van der Waals surface area contributed by atoms with Crippen LogP contribution >= 0.6 is 0 Å². The van der Waals surface area contributed by atoms with E-state index in [1.165, 1.54) is 12.8 Å². The first-order valence-corrected chi connectivity index (χ1v) is 6.28. The van der Waals surface area contributed by atoms with Crippen molar-refractivity contribution in [3.8, 4) is 0 Å². The highest BCUT2D eigenvalue weighted by atomic mass is 16.5. The lowest BCUT2D eigenvalue weighted by Gasteiger charge is -2.43. The largest absolute Gasteiger partial charge is 0.466 e. The summed E-state index contributed by atoms with van der Waals surface area (Å²) in [6, 6.07) is 0. The molecule has 1 rings (SSSR count). The minimum Gasteiger partial charge on any atom is -0.466 e. The Bertz CT molecular complexity index is 238. The van der Waals surface area contributed by atoms with Gasteiger partial charge in [0.2, 0.25) is 0 Å².